The lowest BCUT2D eigenvalue weighted by Crippen LogP contribution is -2.37. The molecule has 0 saturated carbocycles. The Kier molecular flexibility index (Phi) is 3.91. The van der Waals surface area contributed by atoms with E-state index in [0.29, 0.717) is 12.1 Å². The van der Waals surface area contributed by atoms with Gasteiger partial charge in [-0.1, -0.05) is 17.8 Å². The van der Waals surface area contributed by atoms with E-state index >= 15 is 0 Å². The molecule has 5 heteroatoms. The fourth-order valence-electron chi connectivity index (χ4n) is 2.06. The molecule has 2 rings (SSSR count). The van der Waals surface area contributed by atoms with Crippen LogP contribution in [0.3, 0.4) is 0 Å². The molecule has 2 heterocycles. The molecule has 0 bridgehead atoms. The van der Waals surface area contributed by atoms with Crippen molar-refractivity contribution in [2.45, 2.75) is 44.7 Å². The molecule has 2 N–H and O–H groups in total. The molecular weight excluding hydrogens is 208 g/mol. The molecule has 2 unspecified atom stereocenters. The molecule has 2 atom stereocenters. The summed E-state index contributed by atoms with van der Waals surface area (Å²) in [6.45, 7) is 3.38. The van der Waals surface area contributed by atoms with Crippen LogP contribution in [0.5, 0.6) is 0 Å². The monoisotopic (exact) mass is 226 g/mol. The van der Waals surface area contributed by atoms with Crippen LogP contribution in [-0.4, -0.2) is 28.8 Å². The Morgan fingerprint density at radius 3 is 3.27 bits per heavy atom. The average molecular weight is 226 g/mol. The lowest BCUT2D eigenvalue weighted by molar-refractivity contribution is 0.371. The summed E-state index contributed by atoms with van der Waals surface area (Å²) in [5.74, 6) is 0. The Bertz CT molecular complexity index is 269. The highest BCUT2D eigenvalue weighted by Crippen LogP contribution is 2.15. The number of anilines is 1. The minimum absolute atomic E-state index is 0.466. The van der Waals surface area contributed by atoms with Crippen molar-refractivity contribution in [3.05, 3.63) is 5.51 Å². The van der Waals surface area contributed by atoms with Gasteiger partial charge in [0.05, 0.1) is 0 Å². The summed E-state index contributed by atoms with van der Waals surface area (Å²) in [5, 5.41) is 15.7. The third kappa shape index (κ3) is 3.43. The van der Waals surface area contributed by atoms with Gasteiger partial charge in [-0.15, -0.1) is 10.2 Å². The van der Waals surface area contributed by atoms with Gasteiger partial charge in [-0.05, 0) is 32.7 Å². The van der Waals surface area contributed by atoms with Crippen LogP contribution in [0.2, 0.25) is 0 Å². The molecule has 84 valence electrons. The number of hydrogen-bond acceptors (Lipinski definition) is 5. The summed E-state index contributed by atoms with van der Waals surface area (Å²) in [5.41, 5.74) is 1.76. The maximum Gasteiger partial charge on any atom is 0.205 e. The van der Waals surface area contributed by atoms with Crippen LogP contribution in [0.15, 0.2) is 5.51 Å². The van der Waals surface area contributed by atoms with Crippen LogP contribution in [0.1, 0.15) is 32.6 Å². The summed E-state index contributed by atoms with van der Waals surface area (Å²) >= 11 is 1.56. The maximum atomic E-state index is 3.99. The van der Waals surface area contributed by atoms with Gasteiger partial charge in [-0.3, -0.25) is 0 Å². The van der Waals surface area contributed by atoms with E-state index in [9.17, 15) is 0 Å². The molecule has 1 aliphatic heterocycles. The van der Waals surface area contributed by atoms with E-state index in [-0.39, 0.29) is 0 Å². The summed E-state index contributed by atoms with van der Waals surface area (Å²) in [4.78, 5) is 0. The third-order valence-corrected chi connectivity index (χ3v) is 3.40. The van der Waals surface area contributed by atoms with Gasteiger partial charge in [0.15, 0.2) is 0 Å². The van der Waals surface area contributed by atoms with E-state index in [4.69, 9.17) is 0 Å². The van der Waals surface area contributed by atoms with E-state index in [2.05, 4.69) is 27.8 Å². The van der Waals surface area contributed by atoms with E-state index in [0.717, 1.165) is 5.13 Å². The molecule has 0 amide bonds. The van der Waals surface area contributed by atoms with Crippen LogP contribution >= 0.6 is 11.3 Å². The van der Waals surface area contributed by atoms with Crippen molar-refractivity contribution in [3.63, 3.8) is 0 Å². The second kappa shape index (κ2) is 5.42. The molecule has 1 aromatic rings. The van der Waals surface area contributed by atoms with Gasteiger partial charge >= 0.3 is 0 Å². The molecule has 0 aromatic carbocycles. The van der Waals surface area contributed by atoms with Crippen LogP contribution in [0, 0.1) is 0 Å². The minimum Gasteiger partial charge on any atom is -0.358 e. The first kappa shape index (κ1) is 10.8. The predicted octanol–water partition coefficient (Wildman–Crippen LogP) is 1.87. The molecule has 0 radical (unpaired) electrons. The van der Waals surface area contributed by atoms with Gasteiger partial charge in [0, 0.05) is 12.1 Å². The minimum atomic E-state index is 0.466. The lowest BCUT2D eigenvalue weighted by atomic mass is 9.99. The molecule has 0 aliphatic carbocycles. The topological polar surface area (TPSA) is 49.8 Å². The highest BCUT2D eigenvalue weighted by Gasteiger charge is 2.15. The summed E-state index contributed by atoms with van der Waals surface area (Å²) < 4.78 is 0. The number of nitrogens with zero attached hydrogens (tertiary/aromatic N) is 2. The number of nitrogens with one attached hydrogen (secondary N) is 2. The Labute approximate surface area is 94.5 Å². The molecule has 4 nitrogen and oxygen atoms in total. The lowest BCUT2D eigenvalue weighted by Gasteiger charge is -2.26. The van der Waals surface area contributed by atoms with E-state index < -0.39 is 0 Å². The Morgan fingerprint density at radius 2 is 2.60 bits per heavy atom. The molecule has 1 aromatic heterocycles. The zero-order valence-electron chi connectivity index (χ0n) is 9.07. The Balaban J connectivity index is 1.74. The van der Waals surface area contributed by atoms with Gasteiger partial charge in [0.25, 0.3) is 0 Å². The second-order valence-corrected chi connectivity index (χ2v) is 5.01. The first-order valence-electron chi connectivity index (χ1n) is 5.60. The number of piperidine rings is 1. The summed E-state index contributed by atoms with van der Waals surface area (Å²) in [6, 6.07) is 1.14. The van der Waals surface area contributed by atoms with Gasteiger partial charge in [0.1, 0.15) is 5.51 Å². The van der Waals surface area contributed by atoms with E-state index in [1.807, 2.05) is 0 Å². The first-order valence-corrected chi connectivity index (χ1v) is 6.48. The van der Waals surface area contributed by atoms with Gasteiger partial charge in [0.2, 0.25) is 5.13 Å². The molecule has 1 saturated heterocycles. The molecule has 1 fully saturated rings. The quantitative estimate of drug-likeness (QED) is 0.823. The second-order valence-electron chi connectivity index (χ2n) is 4.17. The van der Waals surface area contributed by atoms with Gasteiger partial charge in [-0.2, -0.15) is 0 Å². The van der Waals surface area contributed by atoms with Gasteiger partial charge in [-0.25, -0.2) is 0 Å². The Hall–Kier alpha value is -0.680. The van der Waals surface area contributed by atoms with Crippen molar-refractivity contribution in [1.29, 1.82) is 0 Å². The molecule has 1 aliphatic rings. The Morgan fingerprint density at radius 1 is 1.67 bits per heavy atom. The van der Waals surface area contributed by atoms with E-state index in [1.54, 1.807) is 16.8 Å². The van der Waals surface area contributed by atoms with Crippen LogP contribution in [0.25, 0.3) is 0 Å². The van der Waals surface area contributed by atoms with Crippen molar-refractivity contribution < 1.29 is 0 Å². The highest BCUT2D eigenvalue weighted by molar-refractivity contribution is 7.13. The SMILES string of the molecule is CC(CC1CCCCN1)Nc1nncs1. The molecule has 15 heavy (non-hydrogen) atoms. The average Bonchev–Trinajstić information content (AvgIpc) is 2.71. The fraction of sp³-hybridized carbons (Fsp3) is 0.800. The predicted molar refractivity (Wildman–Crippen MR) is 63.3 cm³/mol. The van der Waals surface area contributed by atoms with Crippen molar-refractivity contribution in [2.24, 2.45) is 0 Å². The molecule has 0 spiro atoms. The highest BCUT2D eigenvalue weighted by atomic mass is 32.1. The fourth-order valence-corrected chi connectivity index (χ4v) is 2.62. The molecular formula is C10H18N4S. The largest absolute Gasteiger partial charge is 0.358 e. The number of hydrogen-bond donors (Lipinski definition) is 2. The van der Waals surface area contributed by atoms with Crippen molar-refractivity contribution >= 4 is 16.5 Å². The normalized spacial score (nSPS) is 23.7. The van der Waals surface area contributed by atoms with Crippen molar-refractivity contribution in [1.82, 2.24) is 15.5 Å². The smallest absolute Gasteiger partial charge is 0.205 e. The zero-order chi connectivity index (χ0) is 10.5. The number of rotatable bonds is 4. The van der Waals surface area contributed by atoms with Crippen LogP contribution in [0.4, 0.5) is 5.13 Å². The van der Waals surface area contributed by atoms with Crippen molar-refractivity contribution in [3.8, 4) is 0 Å². The van der Waals surface area contributed by atoms with Crippen LogP contribution < -0.4 is 10.6 Å². The van der Waals surface area contributed by atoms with E-state index in [1.165, 1.54) is 32.2 Å². The first-order chi connectivity index (χ1) is 7.34. The van der Waals surface area contributed by atoms with Crippen molar-refractivity contribution in [2.75, 3.05) is 11.9 Å². The summed E-state index contributed by atoms with van der Waals surface area (Å²) in [6.07, 6.45) is 5.17. The zero-order valence-corrected chi connectivity index (χ0v) is 9.89. The number of aromatic nitrogens is 2. The third-order valence-electron chi connectivity index (χ3n) is 2.78. The van der Waals surface area contributed by atoms with Gasteiger partial charge < -0.3 is 10.6 Å². The summed E-state index contributed by atoms with van der Waals surface area (Å²) in [7, 11) is 0. The van der Waals surface area contributed by atoms with Crippen LogP contribution in [-0.2, 0) is 0 Å². The standard InChI is InChI=1S/C10H18N4S/c1-8(13-10-14-12-7-15-10)6-9-4-2-3-5-11-9/h7-9,11H,2-6H2,1H3,(H,13,14). The maximum absolute atomic E-state index is 3.99.